The molecule has 0 aliphatic carbocycles. The Morgan fingerprint density at radius 1 is 0.941 bits per heavy atom. The minimum Gasteiger partial charge on any atom is -0.488 e. The van der Waals surface area contributed by atoms with Crippen LogP contribution in [-0.2, 0) is 22.6 Å². The van der Waals surface area contributed by atoms with Crippen molar-refractivity contribution in [2.45, 2.75) is 20.0 Å². The number of anilines is 1. The van der Waals surface area contributed by atoms with E-state index in [1.165, 1.54) is 6.08 Å². The SMILES string of the molecule is CCc1ccccc1N1C(=O)NC(=O)/C(=C/c2cc(Cl)ccc2OCc2cccc(Cl)c2)C1=O. The number of ether oxygens (including phenoxy) is 1. The van der Waals surface area contributed by atoms with Gasteiger partial charge in [-0.3, -0.25) is 14.9 Å². The first kappa shape index (κ1) is 23.5. The van der Waals surface area contributed by atoms with Crippen molar-refractivity contribution in [3.8, 4) is 5.75 Å². The highest BCUT2D eigenvalue weighted by molar-refractivity contribution is 6.39. The van der Waals surface area contributed by atoms with Crippen molar-refractivity contribution in [1.29, 1.82) is 0 Å². The smallest absolute Gasteiger partial charge is 0.335 e. The highest BCUT2D eigenvalue weighted by Gasteiger charge is 2.37. The Balaban J connectivity index is 1.69. The summed E-state index contributed by atoms with van der Waals surface area (Å²) in [6, 6.07) is 18.4. The molecular formula is C26H20Cl2N2O4. The maximum atomic E-state index is 13.3. The van der Waals surface area contributed by atoms with E-state index in [9.17, 15) is 14.4 Å². The molecule has 8 heteroatoms. The lowest BCUT2D eigenvalue weighted by molar-refractivity contribution is -0.122. The molecule has 6 nitrogen and oxygen atoms in total. The molecule has 0 atom stereocenters. The van der Waals surface area contributed by atoms with Crippen LogP contribution in [0.1, 0.15) is 23.6 Å². The van der Waals surface area contributed by atoms with Crippen molar-refractivity contribution >= 4 is 52.8 Å². The molecule has 1 aliphatic heterocycles. The molecule has 1 aliphatic rings. The lowest BCUT2D eigenvalue weighted by Gasteiger charge is -2.28. The molecule has 0 spiro atoms. The molecule has 4 amide bonds. The standard InChI is InChI=1S/C26H20Cl2N2O4/c1-2-17-7-3-4-9-22(17)30-25(32)21(24(31)29-26(30)33)14-18-13-20(28)10-11-23(18)34-15-16-6-5-8-19(27)12-16/h3-14H,2,15H2,1H3,(H,29,31,33)/b21-14-. The molecule has 1 saturated heterocycles. The molecule has 0 unspecified atom stereocenters. The quantitative estimate of drug-likeness (QED) is 0.347. The molecular weight excluding hydrogens is 475 g/mol. The van der Waals surface area contributed by atoms with E-state index in [4.69, 9.17) is 27.9 Å². The lowest BCUT2D eigenvalue weighted by atomic mass is 10.0. The Labute approximate surface area is 206 Å². The monoisotopic (exact) mass is 494 g/mol. The van der Waals surface area contributed by atoms with Gasteiger partial charge in [-0.05, 0) is 60.0 Å². The number of nitrogens with one attached hydrogen (secondary N) is 1. The zero-order chi connectivity index (χ0) is 24.2. The van der Waals surface area contributed by atoms with Gasteiger partial charge in [-0.25, -0.2) is 9.69 Å². The molecule has 1 N–H and O–H groups in total. The average Bonchev–Trinajstić information content (AvgIpc) is 2.81. The van der Waals surface area contributed by atoms with Gasteiger partial charge in [-0.1, -0.05) is 60.5 Å². The molecule has 34 heavy (non-hydrogen) atoms. The summed E-state index contributed by atoms with van der Waals surface area (Å²) in [7, 11) is 0. The second-order valence-corrected chi connectivity index (χ2v) is 8.41. The lowest BCUT2D eigenvalue weighted by Crippen LogP contribution is -2.54. The third-order valence-corrected chi connectivity index (χ3v) is 5.74. The molecule has 0 bridgehead atoms. The van der Waals surface area contributed by atoms with Crippen molar-refractivity contribution in [2.75, 3.05) is 4.90 Å². The van der Waals surface area contributed by atoms with Crippen LogP contribution in [0, 0.1) is 0 Å². The van der Waals surface area contributed by atoms with Gasteiger partial charge in [0.2, 0.25) is 0 Å². The number of barbiturate groups is 1. The molecule has 172 valence electrons. The zero-order valence-corrected chi connectivity index (χ0v) is 19.7. The van der Waals surface area contributed by atoms with Crippen LogP contribution in [0.2, 0.25) is 10.0 Å². The number of halogens is 2. The largest absolute Gasteiger partial charge is 0.488 e. The van der Waals surface area contributed by atoms with Crippen LogP contribution in [0.3, 0.4) is 0 Å². The van der Waals surface area contributed by atoms with Crippen molar-refractivity contribution in [1.82, 2.24) is 5.32 Å². The summed E-state index contributed by atoms with van der Waals surface area (Å²) in [4.78, 5) is 39.5. The molecule has 3 aromatic rings. The molecule has 1 fully saturated rings. The van der Waals surface area contributed by atoms with Crippen LogP contribution in [0.15, 0.2) is 72.3 Å². The minimum absolute atomic E-state index is 0.208. The zero-order valence-electron chi connectivity index (χ0n) is 18.2. The van der Waals surface area contributed by atoms with E-state index in [2.05, 4.69) is 5.32 Å². The summed E-state index contributed by atoms with van der Waals surface area (Å²) < 4.78 is 5.93. The minimum atomic E-state index is -0.795. The maximum absolute atomic E-state index is 13.3. The van der Waals surface area contributed by atoms with E-state index in [1.807, 2.05) is 31.2 Å². The summed E-state index contributed by atoms with van der Waals surface area (Å²) in [5.74, 6) is -1.11. The van der Waals surface area contributed by atoms with Gasteiger partial charge in [0.25, 0.3) is 11.8 Å². The molecule has 0 radical (unpaired) electrons. The molecule has 0 aromatic heterocycles. The highest BCUT2D eigenvalue weighted by atomic mass is 35.5. The number of para-hydroxylation sites is 1. The number of rotatable bonds is 6. The van der Waals surface area contributed by atoms with E-state index < -0.39 is 17.8 Å². The van der Waals surface area contributed by atoms with E-state index in [0.29, 0.717) is 33.5 Å². The first-order valence-electron chi connectivity index (χ1n) is 10.5. The number of urea groups is 1. The topological polar surface area (TPSA) is 75.7 Å². The summed E-state index contributed by atoms with van der Waals surface area (Å²) >= 11 is 12.2. The first-order valence-corrected chi connectivity index (χ1v) is 11.3. The summed E-state index contributed by atoms with van der Waals surface area (Å²) in [5, 5.41) is 3.23. The molecule has 3 aromatic carbocycles. The molecule has 4 rings (SSSR count). The van der Waals surface area contributed by atoms with Gasteiger partial charge >= 0.3 is 6.03 Å². The molecule has 0 saturated carbocycles. The number of nitrogens with zero attached hydrogens (tertiary/aromatic N) is 1. The second-order valence-electron chi connectivity index (χ2n) is 7.54. The number of amides is 4. The van der Waals surface area contributed by atoms with Gasteiger partial charge in [0.05, 0.1) is 5.69 Å². The van der Waals surface area contributed by atoms with Gasteiger partial charge in [0.15, 0.2) is 0 Å². The average molecular weight is 495 g/mol. The normalized spacial score (nSPS) is 15.0. The van der Waals surface area contributed by atoms with Crippen LogP contribution in [-0.4, -0.2) is 17.8 Å². The van der Waals surface area contributed by atoms with Crippen molar-refractivity contribution < 1.29 is 19.1 Å². The fourth-order valence-corrected chi connectivity index (χ4v) is 4.00. The maximum Gasteiger partial charge on any atom is 0.335 e. The number of aryl methyl sites for hydroxylation is 1. The van der Waals surface area contributed by atoms with Gasteiger partial charge in [-0.15, -0.1) is 0 Å². The van der Waals surface area contributed by atoms with Crippen LogP contribution >= 0.6 is 23.2 Å². The van der Waals surface area contributed by atoms with E-state index >= 15 is 0 Å². The molecule has 1 heterocycles. The van der Waals surface area contributed by atoms with Crippen LogP contribution in [0.4, 0.5) is 10.5 Å². The summed E-state index contributed by atoms with van der Waals surface area (Å²) in [6.07, 6.45) is 1.99. The predicted octanol–water partition coefficient (Wildman–Crippen LogP) is 5.80. The van der Waals surface area contributed by atoms with Gasteiger partial charge in [0, 0.05) is 15.6 Å². The Morgan fingerprint density at radius 2 is 1.71 bits per heavy atom. The second kappa shape index (κ2) is 10.1. The Morgan fingerprint density at radius 3 is 2.47 bits per heavy atom. The van der Waals surface area contributed by atoms with Gasteiger partial charge < -0.3 is 4.74 Å². The predicted molar refractivity (Wildman–Crippen MR) is 132 cm³/mol. The van der Waals surface area contributed by atoms with Crippen LogP contribution < -0.4 is 15.0 Å². The van der Waals surface area contributed by atoms with Crippen molar-refractivity contribution in [2.24, 2.45) is 0 Å². The van der Waals surface area contributed by atoms with Crippen molar-refractivity contribution in [3.63, 3.8) is 0 Å². The van der Waals surface area contributed by atoms with Crippen LogP contribution in [0.5, 0.6) is 5.75 Å². The van der Waals surface area contributed by atoms with E-state index in [1.54, 1.807) is 42.5 Å². The Kier molecular flexibility index (Phi) is 7.01. The number of benzene rings is 3. The number of carbonyl (C=O) groups excluding carboxylic acids is 3. The van der Waals surface area contributed by atoms with Gasteiger partial charge in [-0.2, -0.15) is 0 Å². The fourth-order valence-electron chi connectivity index (χ4n) is 3.61. The first-order chi connectivity index (χ1) is 16.4. The Hall–Kier alpha value is -3.61. The van der Waals surface area contributed by atoms with E-state index in [0.717, 1.165) is 16.0 Å². The Bertz CT molecular complexity index is 1320. The van der Waals surface area contributed by atoms with E-state index in [-0.39, 0.29) is 12.2 Å². The number of hydrogen-bond donors (Lipinski definition) is 1. The number of carbonyl (C=O) groups is 3. The summed E-state index contributed by atoms with van der Waals surface area (Å²) in [6.45, 7) is 2.13. The fraction of sp³-hybridized carbons (Fsp3) is 0.115. The number of hydrogen-bond acceptors (Lipinski definition) is 4. The van der Waals surface area contributed by atoms with Gasteiger partial charge in [0.1, 0.15) is 17.9 Å². The third kappa shape index (κ3) is 4.98. The number of imide groups is 2. The summed E-state index contributed by atoms with van der Waals surface area (Å²) in [5.41, 5.74) is 2.29. The van der Waals surface area contributed by atoms with Crippen LogP contribution in [0.25, 0.3) is 6.08 Å². The highest BCUT2D eigenvalue weighted by Crippen LogP contribution is 2.30. The third-order valence-electron chi connectivity index (χ3n) is 5.27. The van der Waals surface area contributed by atoms with Crippen molar-refractivity contribution in [3.05, 3.63) is 99.0 Å².